The fourth-order valence-corrected chi connectivity index (χ4v) is 2.82. The van der Waals surface area contributed by atoms with Crippen molar-refractivity contribution in [2.45, 2.75) is 6.54 Å². The second-order valence-corrected chi connectivity index (χ2v) is 5.96. The van der Waals surface area contributed by atoms with Crippen LogP contribution < -0.4 is 15.0 Å². The molecule has 1 aliphatic rings. The number of carbonyl (C=O) groups is 2. The lowest BCUT2D eigenvalue weighted by Crippen LogP contribution is -2.40. The molecular weight excluding hydrogens is 344 g/mol. The Kier molecular flexibility index (Phi) is 4.49. The van der Waals surface area contributed by atoms with Crippen molar-refractivity contribution in [2.75, 3.05) is 11.4 Å². The predicted octanol–water partition coefficient (Wildman–Crippen LogP) is 2.55. The van der Waals surface area contributed by atoms with Crippen LogP contribution in [0.1, 0.15) is 15.9 Å². The molecule has 0 bridgehead atoms. The first-order valence-corrected chi connectivity index (χ1v) is 8.42. The minimum absolute atomic E-state index is 0.131. The topological polar surface area (TPSA) is 84.4 Å². The van der Waals surface area contributed by atoms with E-state index >= 15 is 0 Å². The molecule has 0 fully saturated rings. The second kappa shape index (κ2) is 7.25. The number of nitrogens with zero attached hydrogens (tertiary/aromatic N) is 3. The number of nitrogens with one attached hydrogen (secondary N) is 1. The van der Waals surface area contributed by atoms with Gasteiger partial charge in [0, 0.05) is 25.1 Å². The molecule has 2 amide bonds. The van der Waals surface area contributed by atoms with Gasteiger partial charge in [-0.3, -0.25) is 19.5 Å². The summed E-state index contributed by atoms with van der Waals surface area (Å²) < 4.78 is 5.80. The van der Waals surface area contributed by atoms with E-state index in [4.69, 9.17) is 4.74 Å². The third-order valence-electron chi connectivity index (χ3n) is 4.12. The van der Waals surface area contributed by atoms with Gasteiger partial charge in [-0.25, -0.2) is 4.98 Å². The Morgan fingerprint density at radius 3 is 2.78 bits per heavy atom. The number of amides is 2. The lowest BCUT2D eigenvalue weighted by molar-refractivity contribution is -0.119. The van der Waals surface area contributed by atoms with E-state index in [1.807, 2.05) is 6.07 Å². The van der Waals surface area contributed by atoms with Crippen LogP contribution in [0.2, 0.25) is 0 Å². The van der Waals surface area contributed by atoms with E-state index in [0.717, 1.165) is 5.56 Å². The molecule has 0 saturated carbocycles. The highest BCUT2D eigenvalue weighted by Crippen LogP contribution is 2.37. The Balaban J connectivity index is 1.59. The summed E-state index contributed by atoms with van der Waals surface area (Å²) in [7, 11) is 0. The number of benzene rings is 1. The molecule has 7 nitrogen and oxygen atoms in total. The SMILES string of the molecule is O=C(CN1C(=O)c2cccnc2Oc2ccccc21)NCc1cccnc1. The molecule has 1 aromatic carbocycles. The van der Waals surface area contributed by atoms with Gasteiger partial charge in [0.2, 0.25) is 11.8 Å². The van der Waals surface area contributed by atoms with E-state index in [0.29, 0.717) is 23.5 Å². The quantitative estimate of drug-likeness (QED) is 0.773. The van der Waals surface area contributed by atoms with Crippen molar-refractivity contribution in [3.05, 3.63) is 78.2 Å². The van der Waals surface area contributed by atoms with Gasteiger partial charge < -0.3 is 10.1 Å². The summed E-state index contributed by atoms with van der Waals surface area (Å²) in [6.07, 6.45) is 4.91. The fourth-order valence-electron chi connectivity index (χ4n) is 2.82. The van der Waals surface area contributed by atoms with Gasteiger partial charge in [0.15, 0.2) is 5.75 Å². The van der Waals surface area contributed by atoms with Crippen molar-refractivity contribution in [3.8, 4) is 11.6 Å². The number of aromatic nitrogens is 2. The van der Waals surface area contributed by atoms with Crippen LogP contribution in [0.25, 0.3) is 0 Å². The molecule has 1 N–H and O–H groups in total. The third-order valence-corrected chi connectivity index (χ3v) is 4.12. The van der Waals surface area contributed by atoms with Crippen molar-refractivity contribution in [1.82, 2.24) is 15.3 Å². The molecule has 0 spiro atoms. The number of anilines is 1. The predicted molar refractivity (Wildman–Crippen MR) is 98.5 cm³/mol. The second-order valence-electron chi connectivity index (χ2n) is 5.96. The molecule has 134 valence electrons. The lowest BCUT2D eigenvalue weighted by atomic mass is 10.2. The molecule has 1 aliphatic heterocycles. The Bertz CT molecular complexity index is 991. The average molecular weight is 360 g/mol. The first-order chi connectivity index (χ1) is 13.2. The molecule has 0 unspecified atom stereocenters. The Hall–Kier alpha value is -3.74. The first kappa shape index (κ1) is 16.7. The Labute approximate surface area is 155 Å². The van der Waals surface area contributed by atoms with Gasteiger partial charge in [0.25, 0.3) is 5.91 Å². The van der Waals surface area contributed by atoms with Crippen LogP contribution in [-0.4, -0.2) is 28.3 Å². The highest BCUT2D eigenvalue weighted by Gasteiger charge is 2.30. The monoisotopic (exact) mass is 360 g/mol. The lowest BCUT2D eigenvalue weighted by Gasteiger charge is -2.21. The normalized spacial score (nSPS) is 12.4. The zero-order valence-electron chi connectivity index (χ0n) is 14.3. The zero-order valence-corrected chi connectivity index (χ0v) is 14.3. The Morgan fingerprint density at radius 1 is 1.07 bits per heavy atom. The van der Waals surface area contributed by atoms with Gasteiger partial charge in [-0.15, -0.1) is 0 Å². The van der Waals surface area contributed by atoms with Gasteiger partial charge in [-0.05, 0) is 35.9 Å². The number of rotatable bonds is 4. The van der Waals surface area contributed by atoms with Crippen LogP contribution in [0.5, 0.6) is 11.6 Å². The maximum Gasteiger partial charge on any atom is 0.264 e. The van der Waals surface area contributed by atoms with Crippen molar-refractivity contribution >= 4 is 17.5 Å². The van der Waals surface area contributed by atoms with Crippen LogP contribution >= 0.6 is 0 Å². The van der Waals surface area contributed by atoms with Crippen molar-refractivity contribution in [1.29, 1.82) is 0 Å². The fraction of sp³-hybridized carbons (Fsp3) is 0.100. The number of carbonyl (C=O) groups excluding carboxylic acids is 2. The highest BCUT2D eigenvalue weighted by atomic mass is 16.5. The molecule has 0 atom stereocenters. The summed E-state index contributed by atoms with van der Waals surface area (Å²) in [6, 6.07) is 14.1. The van der Waals surface area contributed by atoms with Gasteiger partial charge in [0.05, 0.1) is 5.69 Å². The summed E-state index contributed by atoms with van der Waals surface area (Å²) in [6.45, 7) is 0.207. The van der Waals surface area contributed by atoms with Gasteiger partial charge in [-0.1, -0.05) is 18.2 Å². The Morgan fingerprint density at radius 2 is 1.93 bits per heavy atom. The number of hydrogen-bond acceptors (Lipinski definition) is 5. The summed E-state index contributed by atoms with van der Waals surface area (Å²) in [4.78, 5) is 35.1. The molecule has 0 saturated heterocycles. The third kappa shape index (κ3) is 3.48. The molecule has 3 heterocycles. The van der Waals surface area contributed by atoms with Crippen LogP contribution in [-0.2, 0) is 11.3 Å². The number of pyridine rings is 2. The molecule has 2 aromatic heterocycles. The van der Waals surface area contributed by atoms with E-state index in [1.165, 1.54) is 4.90 Å². The van der Waals surface area contributed by atoms with Crippen LogP contribution in [0.3, 0.4) is 0 Å². The van der Waals surface area contributed by atoms with Crippen LogP contribution in [0.15, 0.2) is 67.1 Å². The van der Waals surface area contributed by atoms with Crippen molar-refractivity contribution < 1.29 is 14.3 Å². The van der Waals surface area contributed by atoms with Crippen LogP contribution in [0.4, 0.5) is 5.69 Å². The minimum atomic E-state index is -0.334. The summed E-state index contributed by atoms with van der Waals surface area (Å²) in [5, 5.41) is 2.81. The maximum absolute atomic E-state index is 13.0. The number of fused-ring (bicyclic) bond motifs is 2. The molecule has 7 heteroatoms. The molecule has 0 aliphatic carbocycles. The van der Waals surface area contributed by atoms with Crippen molar-refractivity contribution in [2.24, 2.45) is 0 Å². The van der Waals surface area contributed by atoms with E-state index < -0.39 is 0 Å². The van der Waals surface area contributed by atoms with Crippen LogP contribution in [0, 0.1) is 0 Å². The summed E-state index contributed by atoms with van der Waals surface area (Å²) >= 11 is 0. The number of ether oxygens (including phenoxy) is 1. The molecular formula is C20H16N4O3. The van der Waals surface area contributed by atoms with Gasteiger partial charge in [0.1, 0.15) is 12.1 Å². The van der Waals surface area contributed by atoms with E-state index in [-0.39, 0.29) is 24.2 Å². The molecule has 3 aromatic rings. The summed E-state index contributed by atoms with van der Waals surface area (Å²) in [5.74, 6) is 0.0884. The van der Waals surface area contributed by atoms with Gasteiger partial charge >= 0.3 is 0 Å². The van der Waals surface area contributed by atoms with E-state index in [1.54, 1.807) is 61.1 Å². The smallest absolute Gasteiger partial charge is 0.264 e. The summed E-state index contributed by atoms with van der Waals surface area (Å²) in [5.41, 5.74) is 1.72. The van der Waals surface area contributed by atoms with E-state index in [9.17, 15) is 9.59 Å². The largest absolute Gasteiger partial charge is 0.436 e. The van der Waals surface area contributed by atoms with Crippen molar-refractivity contribution in [3.63, 3.8) is 0 Å². The average Bonchev–Trinajstić information content (AvgIpc) is 2.82. The maximum atomic E-state index is 13.0. The molecule has 27 heavy (non-hydrogen) atoms. The first-order valence-electron chi connectivity index (χ1n) is 8.42. The highest BCUT2D eigenvalue weighted by molar-refractivity contribution is 6.11. The van der Waals surface area contributed by atoms with Gasteiger partial charge in [-0.2, -0.15) is 0 Å². The number of hydrogen-bond donors (Lipinski definition) is 1. The molecule has 4 rings (SSSR count). The standard InChI is InChI=1S/C20H16N4O3/c25-18(23-12-14-5-3-9-21-11-14)13-24-16-7-1-2-8-17(16)27-19-15(20(24)26)6-4-10-22-19/h1-11H,12-13H2,(H,23,25). The van der Waals surface area contributed by atoms with E-state index in [2.05, 4.69) is 15.3 Å². The minimum Gasteiger partial charge on any atom is -0.436 e. The molecule has 0 radical (unpaired) electrons. The number of para-hydroxylation sites is 2. The zero-order chi connectivity index (χ0) is 18.6.